The second kappa shape index (κ2) is 7.29. The van der Waals surface area contributed by atoms with Gasteiger partial charge in [-0.2, -0.15) is 0 Å². The van der Waals surface area contributed by atoms with E-state index in [1.54, 1.807) is 13.8 Å². The molecular weight excluding hydrogens is 355 g/mol. The highest BCUT2D eigenvalue weighted by Crippen LogP contribution is 2.20. The molecule has 0 bridgehead atoms. The monoisotopic (exact) mass is 370 g/mol. The smallest absolute Gasteiger partial charge is 0.257 e. The van der Waals surface area contributed by atoms with Crippen LogP contribution in [0.5, 0.6) is 0 Å². The van der Waals surface area contributed by atoms with Crippen LogP contribution in [0.3, 0.4) is 0 Å². The second-order valence-corrected chi connectivity index (χ2v) is 7.50. The van der Waals surface area contributed by atoms with Crippen molar-refractivity contribution in [3.63, 3.8) is 0 Å². The molecule has 0 aliphatic heterocycles. The molecule has 0 aliphatic rings. The zero-order chi connectivity index (χ0) is 17.9. The summed E-state index contributed by atoms with van der Waals surface area (Å²) in [5.74, 6) is -1.06. The van der Waals surface area contributed by atoms with Gasteiger partial charge in [-0.05, 0) is 56.3 Å². The van der Waals surface area contributed by atoms with Gasteiger partial charge in [-0.25, -0.2) is 17.5 Å². The highest BCUT2D eigenvalue weighted by atomic mass is 35.5. The van der Waals surface area contributed by atoms with Crippen LogP contribution in [0.2, 0.25) is 5.02 Å². The number of hydrogen-bond acceptors (Lipinski definition) is 3. The molecule has 128 valence electrons. The number of nitrogens with one attached hydrogen (secondary N) is 2. The molecule has 0 radical (unpaired) electrons. The first-order valence-corrected chi connectivity index (χ1v) is 8.94. The topological polar surface area (TPSA) is 75.3 Å². The number of carbonyl (C=O) groups is 1. The third-order valence-electron chi connectivity index (χ3n) is 2.99. The molecule has 24 heavy (non-hydrogen) atoms. The minimum atomic E-state index is -3.59. The van der Waals surface area contributed by atoms with Crippen molar-refractivity contribution in [3.8, 4) is 0 Å². The second-order valence-electron chi connectivity index (χ2n) is 5.38. The molecule has 2 rings (SSSR count). The summed E-state index contributed by atoms with van der Waals surface area (Å²) in [7, 11) is -3.59. The van der Waals surface area contributed by atoms with Gasteiger partial charge >= 0.3 is 0 Å². The first-order valence-electron chi connectivity index (χ1n) is 7.08. The van der Waals surface area contributed by atoms with Gasteiger partial charge in [-0.3, -0.25) is 4.79 Å². The number of benzene rings is 2. The highest BCUT2D eigenvalue weighted by molar-refractivity contribution is 7.89. The van der Waals surface area contributed by atoms with Gasteiger partial charge in [-0.1, -0.05) is 11.6 Å². The molecule has 2 aromatic rings. The average molecular weight is 371 g/mol. The summed E-state index contributed by atoms with van der Waals surface area (Å²) >= 11 is 5.84. The van der Waals surface area contributed by atoms with Crippen molar-refractivity contribution in [2.45, 2.75) is 24.8 Å². The Balaban J connectivity index is 2.16. The van der Waals surface area contributed by atoms with Crippen LogP contribution in [0.25, 0.3) is 0 Å². The summed E-state index contributed by atoms with van der Waals surface area (Å²) in [6.07, 6.45) is 0. The van der Waals surface area contributed by atoms with Crippen molar-refractivity contribution < 1.29 is 17.6 Å². The molecule has 0 aromatic heterocycles. The Morgan fingerprint density at radius 3 is 2.29 bits per heavy atom. The van der Waals surface area contributed by atoms with E-state index in [1.165, 1.54) is 30.3 Å². The van der Waals surface area contributed by atoms with Gasteiger partial charge in [0.25, 0.3) is 5.91 Å². The molecule has 0 fully saturated rings. The molecule has 0 heterocycles. The molecule has 5 nitrogen and oxygen atoms in total. The average Bonchev–Trinajstić information content (AvgIpc) is 2.46. The molecule has 0 spiro atoms. The first-order chi connectivity index (χ1) is 11.2. The Kier molecular flexibility index (Phi) is 5.58. The summed E-state index contributed by atoms with van der Waals surface area (Å²) < 4.78 is 39.5. The van der Waals surface area contributed by atoms with Crippen molar-refractivity contribution in [1.29, 1.82) is 0 Å². The largest absolute Gasteiger partial charge is 0.322 e. The summed E-state index contributed by atoms with van der Waals surface area (Å²) in [6, 6.07) is 8.92. The van der Waals surface area contributed by atoms with E-state index in [0.29, 0.717) is 5.69 Å². The van der Waals surface area contributed by atoms with Gasteiger partial charge in [0, 0.05) is 11.7 Å². The summed E-state index contributed by atoms with van der Waals surface area (Å²) in [5.41, 5.74) is 0.514. The zero-order valence-corrected chi connectivity index (χ0v) is 14.6. The Labute approximate surface area is 144 Å². The maximum atomic E-state index is 13.0. The Hall–Kier alpha value is -1.96. The van der Waals surface area contributed by atoms with Crippen LogP contribution >= 0.6 is 11.6 Å². The van der Waals surface area contributed by atoms with Crippen molar-refractivity contribution in [2.24, 2.45) is 0 Å². The molecule has 0 unspecified atom stereocenters. The first kappa shape index (κ1) is 18.4. The molecule has 1 amide bonds. The molecule has 2 N–H and O–H groups in total. The van der Waals surface area contributed by atoms with Crippen molar-refractivity contribution in [2.75, 3.05) is 5.32 Å². The van der Waals surface area contributed by atoms with Gasteiger partial charge in [0.2, 0.25) is 10.0 Å². The fraction of sp³-hybridized carbons (Fsp3) is 0.188. The molecule has 8 heteroatoms. The summed E-state index contributed by atoms with van der Waals surface area (Å²) in [5, 5.41) is 2.57. The molecule has 0 saturated carbocycles. The van der Waals surface area contributed by atoms with Crippen LogP contribution in [0.1, 0.15) is 24.2 Å². The SMILES string of the molecule is CC(C)NS(=O)(=O)c1ccc(NC(=O)c2ccc(F)cc2Cl)cc1. The summed E-state index contributed by atoms with van der Waals surface area (Å²) in [6.45, 7) is 3.44. The lowest BCUT2D eigenvalue weighted by atomic mass is 10.2. The number of halogens is 2. The normalized spacial score (nSPS) is 11.5. The van der Waals surface area contributed by atoms with E-state index in [-0.39, 0.29) is 21.5 Å². The van der Waals surface area contributed by atoms with Gasteiger partial charge in [0.1, 0.15) is 5.82 Å². The molecular formula is C16H16ClFN2O3S. The van der Waals surface area contributed by atoms with Crippen LogP contribution in [-0.2, 0) is 10.0 Å². The fourth-order valence-electron chi connectivity index (χ4n) is 1.97. The van der Waals surface area contributed by atoms with Crippen molar-refractivity contribution in [3.05, 3.63) is 58.9 Å². The predicted octanol–water partition coefficient (Wildman–Crippen LogP) is 3.42. The van der Waals surface area contributed by atoms with Gasteiger partial charge in [0.05, 0.1) is 15.5 Å². The molecule has 2 aromatic carbocycles. The summed E-state index contributed by atoms with van der Waals surface area (Å²) in [4.78, 5) is 12.2. The standard InChI is InChI=1S/C16H16ClFN2O3S/c1-10(2)20-24(22,23)13-6-4-12(5-7-13)19-16(21)14-8-3-11(18)9-15(14)17/h3-10,20H,1-2H3,(H,19,21). The number of carbonyl (C=O) groups excluding carboxylic acids is 1. The zero-order valence-electron chi connectivity index (χ0n) is 13.0. The van der Waals surface area contributed by atoms with Crippen molar-refractivity contribution >= 4 is 33.2 Å². The lowest BCUT2D eigenvalue weighted by molar-refractivity contribution is 0.102. The van der Waals surface area contributed by atoms with E-state index in [2.05, 4.69) is 10.0 Å². The Morgan fingerprint density at radius 1 is 1.12 bits per heavy atom. The van der Waals surface area contributed by atoms with Crippen LogP contribution in [0.15, 0.2) is 47.4 Å². The minimum Gasteiger partial charge on any atom is -0.322 e. The van der Waals surface area contributed by atoms with E-state index in [9.17, 15) is 17.6 Å². The van der Waals surface area contributed by atoms with E-state index >= 15 is 0 Å². The predicted molar refractivity (Wildman–Crippen MR) is 91.3 cm³/mol. The van der Waals surface area contributed by atoms with Crippen LogP contribution in [-0.4, -0.2) is 20.4 Å². The lowest BCUT2D eigenvalue weighted by Gasteiger charge is -2.11. The number of amides is 1. The molecule has 0 atom stereocenters. The highest BCUT2D eigenvalue weighted by Gasteiger charge is 2.16. The number of sulfonamides is 1. The third kappa shape index (κ3) is 4.53. The maximum absolute atomic E-state index is 13.0. The van der Waals surface area contributed by atoms with Gasteiger partial charge in [-0.15, -0.1) is 0 Å². The molecule has 0 saturated heterocycles. The van der Waals surface area contributed by atoms with Crippen molar-refractivity contribution in [1.82, 2.24) is 4.72 Å². The van der Waals surface area contributed by atoms with Crippen LogP contribution < -0.4 is 10.0 Å². The van der Waals surface area contributed by atoms with E-state index in [1.807, 2.05) is 0 Å². The third-order valence-corrected chi connectivity index (χ3v) is 4.98. The van der Waals surface area contributed by atoms with Gasteiger partial charge in [0.15, 0.2) is 0 Å². The minimum absolute atomic E-state index is 0.00664. The number of rotatable bonds is 5. The quantitative estimate of drug-likeness (QED) is 0.846. The number of anilines is 1. The van der Waals surface area contributed by atoms with E-state index < -0.39 is 21.7 Å². The van der Waals surface area contributed by atoms with Crippen LogP contribution in [0, 0.1) is 5.82 Å². The van der Waals surface area contributed by atoms with Crippen LogP contribution in [0.4, 0.5) is 10.1 Å². The fourth-order valence-corrected chi connectivity index (χ4v) is 3.47. The molecule has 0 aliphatic carbocycles. The lowest BCUT2D eigenvalue weighted by Crippen LogP contribution is -2.30. The Morgan fingerprint density at radius 2 is 1.75 bits per heavy atom. The van der Waals surface area contributed by atoms with E-state index in [0.717, 1.165) is 12.1 Å². The van der Waals surface area contributed by atoms with Gasteiger partial charge < -0.3 is 5.32 Å². The maximum Gasteiger partial charge on any atom is 0.257 e. The van der Waals surface area contributed by atoms with E-state index in [4.69, 9.17) is 11.6 Å². The number of hydrogen-bond donors (Lipinski definition) is 2. The Bertz CT molecular complexity index is 852.